The second kappa shape index (κ2) is 7.18. The molecule has 0 aliphatic carbocycles. The summed E-state index contributed by atoms with van der Waals surface area (Å²) in [5.41, 5.74) is 7.42. The molecule has 1 aromatic rings. The molecule has 1 unspecified atom stereocenters. The zero-order valence-electron chi connectivity index (χ0n) is 11.8. The molecular weight excluding hydrogens is 328 g/mol. The van der Waals surface area contributed by atoms with Crippen molar-refractivity contribution in [3.05, 3.63) is 34.9 Å². The van der Waals surface area contributed by atoms with Crippen molar-refractivity contribution in [1.82, 2.24) is 5.32 Å². The molecule has 23 heavy (non-hydrogen) atoms. The van der Waals surface area contributed by atoms with E-state index in [1.807, 2.05) is 0 Å². The van der Waals surface area contributed by atoms with Gasteiger partial charge in [0.2, 0.25) is 5.91 Å². The van der Waals surface area contributed by atoms with Gasteiger partial charge in [0.25, 0.3) is 0 Å². The molecule has 1 aromatic carbocycles. The highest BCUT2D eigenvalue weighted by Crippen LogP contribution is 2.36. The summed E-state index contributed by atoms with van der Waals surface area (Å²) >= 11 is 0. The summed E-state index contributed by atoms with van der Waals surface area (Å²) in [5.74, 6) is -0.707. The number of carbonyl (C=O) groups excluding carboxylic acids is 1. The van der Waals surface area contributed by atoms with Crippen molar-refractivity contribution in [2.45, 2.75) is 31.4 Å². The molecule has 1 atom stereocenters. The predicted octanol–water partition coefficient (Wildman–Crippen LogP) is 2.02. The third-order valence-corrected chi connectivity index (χ3v) is 2.93. The highest BCUT2D eigenvalue weighted by Gasteiger charge is 2.36. The first-order chi connectivity index (χ1) is 10.4. The number of rotatable bonds is 5. The van der Waals surface area contributed by atoms with Gasteiger partial charge in [0.05, 0.1) is 17.2 Å². The van der Waals surface area contributed by atoms with Crippen LogP contribution in [0, 0.1) is 0 Å². The van der Waals surface area contributed by atoms with E-state index in [4.69, 9.17) is 11.5 Å². The maximum absolute atomic E-state index is 12.7. The Hall–Kier alpha value is -1.81. The maximum Gasteiger partial charge on any atom is 0.416 e. The van der Waals surface area contributed by atoms with Crippen molar-refractivity contribution >= 4 is 5.91 Å². The zero-order valence-corrected chi connectivity index (χ0v) is 11.8. The largest absolute Gasteiger partial charge is 0.416 e. The topological polar surface area (TPSA) is 81.1 Å². The summed E-state index contributed by atoms with van der Waals surface area (Å²) in [4.78, 5) is 11.5. The lowest BCUT2D eigenvalue weighted by atomic mass is 10.0. The fourth-order valence-electron chi connectivity index (χ4n) is 1.75. The molecule has 0 aromatic heterocycles. The van der Waals surface area contributed by atoms with Crippen LogP contribution in [0.2, 0.25) is 0 Å². The predicted molar refractivity (Wildman–Crippen MR) is 69.9 cm³/mol. The molecule has 0 saturated heterocycles. The van der Waals surface area contributed by atoms with Crippen LogP contribution >= 0.6 is 0 Å². The van der Waals surface area contributed by atoms with Crippen LogP contribution in [0.1, 0.15) is 23.1 Å². The van der Waals surface area contributed by atoms with E-state index in [0.717, 1.165) is 0 Å². The average molecular weight is 343 g/mol. The van der Waals surface area contributed by atoms with Gasteiger partial charge in [-0.1, -0.05) is 0 Å². The van der Waals surface area contributed by atoms with Crippen LogP contribution in [0.15, 0.2) is 18.2 Å². The molecule has 5 N–H and O–H groups in total. The minimum Gasteiger partial charge on any atom is -0.351 e. The molecule has 4 nitrogen and oxygen atoms in total. The Bertz CT molecular complexity index is 523. The quantitative estimate of drug-likeness (QED) is 0.716. The number of amides is 1. The Morgan fingerprint density at radius 3 is 1.91 bits per heavy atom. The number of hydrogen-bond acceptors (Lipinski definition) is 3. The van der Waals surface area contributed by atoms with Gasteiger partial charge in [0.15, 0.2) is 0 Å². The van der Waals surface area contributed by atoms with E-state index in [9.17, 15) is 31.1 Å². The Morgan fingerprint density at radius 1 is 1.04 bits per heavy atom. The fourth-order valence-corrected chi connectivity index (χ4v) is 1.75. The Kier molecular flexibility index (Phi) is 6.00. The maximum atomic E-state index is 12.7. The van der Waals surface area contributed by atoms with Gasteiger partial charge in [-0.2, -0.15) is 26.3 Å². The Balaban J connectivity index is 3.00. The van der Waals surface area contributed by atoms with Gasteiger partial charge in [-0.3, -0.25) is 4.79 Å². The van der Waals surface area contributed by atoms with Gasteiger partial charge in [-0.05, 0) is 36.7 Å². The average Bonchev–Trinajstić information content (AvgIpc) is 2.42. The summed E-state index contributed by atoms with van der Waals surface area (Å²) < 4.78 is 76.0. The molecule has 0 heterocycles. The molecule has 130 valence electrons. The molecule has 0 bridgehead atoms. The van der Waals surface area contributed by atoms with Crippen molar-refractivity contribution in [3.8, 4) is 0 Å². The van der Waals surface area contributed by atoms with Gasteiger partial charge < -0.3 is 16.8 Å². The number of nitrogens with one attached hydrogen (secondary N) is 1. The summed E-state index contributed by atoms with van der Waals surface area (Å²) in [6.07, 6.45) is -9.73. The molecule has 0 fully saturated rings. The highest BCUT2D eigenvalue weighted by atomic mass is 19.4. The van der Waals surface area contributed by atoms with E-state index in [1.54, 1.807) is 0 Å². The first kappa shape index (κ1) is 19.2. The lowest BCUT2D eigenvalue weighted by molar-refractivity contribution is -0.143. The second-order valence-electron chi connectivity index (χ2n) is 4.82. The minimum absolute atomic E-state index is 0.0193. The third-order valence-electron chi connectivity index (χ3n) is 2.93. The number of alkyl halides is 6. The highest BCUT2D eigenvalue weighted by molar-refractivity contribution is 5.81. The van der Waals surface area contributed by atoms with Gasteiger partial charge in [-0.15, -0.1) is 0 Å². The Morgan fingerprint density at radius 2 is 1.52 bits per heavy atom. The lowest BCUT2D eigenvalue weighted by Crippen LogP contribution is -2.41. The summed E-state index contributed by atoms with van der Waals surface area (Å²) in [6.45, 7) is -0.388. The van der Waals surface area contributed by atoms with E-state index in [0.29, 0.717) is 12.1 Å². The van der Waals surface area contributed by atoms with Crippen molar-refractivity contribution < 1.29 is 31.1 Å². The van der Waals surface area contributed by atoms with Crippen LogP contribution in [0.25, 0.3) is 0 Å². The smallest absolute Gasteiger partial charge is 0.351 e. The van der Waals surface area contributed by atoms with E-state index in [2.05, 4.69) is 5.32 Å². The first-order valence-electron chi connectivity index (χ1n) is 6.47. The number of nitrogens with two attached hydrogens (primary N) is 2. The summed E-state index contributed by atoms with van der Waals surface area (Å²) in [7, 11) is 0. The van der Waals surface area contributed by atoms with Crippen LogP contribution in [0.3, 0.4) is 0 Å². The molecule has 1 rings (SSSR count). The van der Waals surface area contributed by atoms with E-state index >= 15 is 0 Å². The van der Waals surface area contributed by atoms with Crippen LogP contribution < -0.4 is 16.8 Å². The van der Waals surface area contributed by atoms with E-state index in [1.165, 1.54) is 0 Å². The van der Waals surface area contributed by atoms with Crippen LogP contribution in [0.5, 0.6) is 0 Å². The van der Waals surface area contributed by atoms with Gasteiger partial charge in [0, 0.05) is 6.54 Å². The number of benzene rings is 1. The van der Waals surface area contributed by atoms with Crippen molar-refractivity contribution in [2.24, 2.45) is 11.5 Å². The standard InChI is InChI=1S/C13H15F6N3O/c14-12(15,16)8-3-7(4-9(5-8)13(17,18)19)6-22-11(23)10(21)1-2-20/h3-5,10H,1-2,6,20-21H2,(H,22,23). The number of halogens is 6. The first-order valence-corrected chi connectivity index (χ1v) is 6.47. The number of carbonyl (C=O) groups is 1. The van der Waals surface area contributed by atoms with E-state index in [-0.39, 0.29) is 24.6 Å². The molecule has 10 heteroatoms. The number of hydrogen-bond donors (Lipinski definition) is 3. The van der Waals surface area contributed by atoms with Crippen molar-refractivity contribution in [2.75, 3.05) is 6.54 Å². The summed E-state index contributed by atoms with van der Waals surface area (Å²) in [5, 5.41) is 2.19. The SMILES string of the molecule is NCCC(N)C(=O)NCc1cc(C(F)(F)F)cc(C(F)(F)F)c1. The zero-order chi connectivity index (χ0) is 17.8. The normalized spacial score (nSPS) is 13.7. The van der Waals surface area contributed by atoms with Crippen molar-refractivity contribution in [3.63, 3.8) is 0 Å². The molecular formula is C13H15F6N3O. The van der Waals surface area contributed by atoms with Crippen LogP contribution in [-0.2, 0) is 23.7 Å². The Labute approximate surface area is 127 Å². The van der Waals surface area contributed by atoms with E-state index < -0.39 is 42.0 Å². The van der Waals surface area contributed by atoms with Gasteiger partial charge in [0.1, 0.15) is 0 Å². The molecule has 1 amide bonds. The van der Waals surface area contributed by atoms with Gasteiger partial charge >= 0.3 is 12.4 Å². The molecule has 0 radical (unpaired) electrons. The van der Waals surface area contributed by atoms with Crippen LogP contribution in [-0.4, -0.2) is 18.5 Å². The van der Waals surface area contributed by atoms with Crippen LogP contribution in [0.4, 0.5) is 26.3 Å². The fraction of sp³-hybridized carbons (Fsp3) is 0.462. The molecule has 0 aliphatic rings. The minimum atomic E-state index is -4.93. The summed E-state index contributed by atoms with van der Waals surface area (Å²) in [6, 6.07) is 0.132. The molecule has 0 saturated carbocycles. The monoisotopic (exact) mass is 343 g/mol. The van der Waals surface area contributed by atoms with Crippen molar-refractivity contribution in [1.29, 1.82) is 0 Å². The van der Waals surface area contributed by atoms with Gasteiger partial charge in [-0.25, -0.2) is 0 Å². The lowest BCUT2D eigenvalue weighted by Gasteiger charge is -2.15. The molecule has 0 spiro atoms. The third kappa shape index (κ3) is 5.71. The second-order valence-corrected chi connectivity index (χ2v) is 4.82. The molecule has 0 aliphatic heterocycles.